The van der Waals surface area contributed by atoms with Crippen molar-refractivity contribution in [1.82, 2.24) is 10.2 Å². The lowest BCUT2D eigenvalue weighted by Crippen LogP contribution is -2.46. The van der Waals surface area contributed by atoms with Gasteiger partial charge in [0, 0.05) is 12.1 Å². The quantitative estimate of drug-likeness (QED) is 0.758. The fourth-order valence-corrected chi connectivity index (χ4v) is 3.65. The van der Waals surface area contributed by atoms with E-state index in [9.17, 15) is 4.79 Å². The van der Waals surface area contributed by atoms with Crippen molar-refractivity contribution in [3.05, 3.63) is 0 Å². The molecule has 2 rings (SSSR count). The number of nitrogens with one attached hydrogen (secondary N) is 1. The molecule has 0 aliphatic heterocycles. The van der Waals surface area contributed by atoms with Gasteiger partial charge in [-0.05, 0) is 32.2 Å². The summed E-state index contributed by atoms with van der Waals surface area (Å²) in [5.41, 5.74) is 0. The first-order valence-corrected chi connectivity index (χ1v) is 10.3. The van der Waals surface area contributed by atoms with Crippen molar-refractivity contribution in [1.29, 1.82) is 0 Å². The molecule has 1 amide bonds. The smallest absolute Gasteiger partial charge is 0.234 e. The lowest BCUT2D eigenvalue weighted by molar-refractivity contribution is -0.123. The van der Waals surface area contributed by atoms with Gasteiger partial charge in [-0.25, -0.2) is 0 Å². The highest BCUT2D eigenvalue weighted by molar-refractivity contribution is 5.78. The van der Waals surface area contributed by atoms with Gasteiger partial charge >= 0.3 is 0 Å². The molecule has 0 aromatic carbocycles. The summed E-state index contributed by atoms with van der Waals surface area (Å²) in [4.78, 5) is 14.6. The number of carbonyl (C=O) groups is 1. The molecule has 23 heavy (non-hydrogen) atoms. The molecule has 0 heterocycles. The van der Waals surface area contributed by atoms with Crippen LogP contribution in [-0.4, -0.2) is 36.0 Å². The van der Waals surface area contributed by atoms with Crippen LogP contribution in [0, 0.1) is 0 Å². The highest BCUT2D eigenvalue weighted by Crippen LogP contribution is 2.22. The van der Waals surface area contributed by atoms with Crippen LogP contribution < -0.4 is 5.32 Å². The molecule has 0 saturated heterocycles. The Balaban J connectivity index is 0.00000112. The topological polar surface area (TPSA) is 32.3 Å². The standard InChI is InChI=1S/C16H30N2O.2C2H6/c1-2-18(15-11-7-4-8-12-15)13-16(19)17-14-9-5-3-6-10-14;2*1-2/h14-15H,2-13H2,1H3,(H,17,19);2*1-2H3. The third-order valence-corrected chi connectivity index (χ3v) is 4.81. The van der Waals surface area contributed by atoms with Crippen molar-refractivity contribution in [2.45, 2.75) is 111 Å². The van der Waals surface area contributed by atoms with Gasteiger partial charge < -0.3 is 5.32 Å². The Kier molecular flexibility index (Phi) is 14.6. The zero-order chi connectivity index (χ0) is 17.5. The van der Waals surface area contributed by atoms with Gasteiger partial charge in [-0.2, -0.15) is 0 Å². The summed E-state index contributed by atoms with van der Waals surface area (Å²) in [7, 11) is 0. The van der Waals surface area contributed by atoms with E-state index in [1.165, 1.54) is 64.2 Å². The van der Waals surface area contributed by atoms with E-state index in [0.29, 0.717) is 18.6 Å². The molecule has 3 nitrogen and oxygen atoms in total. The van der Waals surface area contributed by atoms with Crippen LogP contribution in [0.1, 0.15) is 98.8 Å². The molecule has 1 N–H and O–H groups in total. The van der Waals surface area contributed by atoms with E-state index in [1.807, 2.05) is 27.7 Å². The summed E-state index contributed by atoms with van der Waals surface area (Å²) in [6, 6.07) is 1.10. The minimum atomic E-state index is 0.249. The Morgan fingerprint density at radius 1 is 0.870 bits per heavy atom. The van der Waals surface area contributed by atoms with E-state index in [2.05, 4.69) is 17.1 Å². The number of amides is 1. The summed E-state index contributed by atoms with van der Waals surface area (Å²) in [5, 5.41) is 3.24. The van der Waals surface area contributed by atoms with E-state index in [0.717, 1.165) is 6.54 Å². The van der Waals surface area contributed by atoms with Crippen LogP contribution in [0.2, 0.25) is 0 Å². The van der Waals surface area contributed by atoms with Crippen molar-refractivity contribution in [2.24, 2.45) is 0 Å². The number of nitrogens with zero attached hydrogens (tertiary/aromatic N) is 1. The first-order valence-electron chi connectivity index (χ1n) is 10.3. The molecular weight excluding hydrogens is 284 g/mol. The number of rotatable bonds is 5. The van der Waals surface area contributed by atoms with Crippen LogP contribution in [-0.2, 0) is 4.79 Å². The number of likely N-dealkylation sites (N-methyl/N-ethyl adjacent to an activating group) is 1. The Labute approximate surface area is 145 Å². The van der Waals surface area contributed by atoms with Crippen LogP contribution in [0.25, 0.3) is 0 Å². The molecule has 0 atom stereocenters. The maximum absolute atomic E-state index is 12.2. The molecular formula is C20H42N2O. The van der Waals surface area contributed by atoms with Gasteiger partial charge in [-0.15, -0.1) is 0 Å². The third kappa shape index (κ3) is 9.34. The molecule has 3 heteroatoms. The highest BCUT2D eigenvalue weighted by Gasteiger charge is 2.23. The van der Waals surface area contributed by atoms with Gasteiger partial charge in [-0.3, -0.25) is 9.69 Å². The van der Waals surface area contributed by atoms with E-state index in [1.54, 1.807) is 0 Å². The largest absolute Gasteiger partial charge is 0.352 e. The lowest BCUT2D eigenvalue weighted by atomic mass is 9.94. The number of hydrogen-bond donors (Lipinski definition) is 1. The summed E-state index contributed by atoms with van der Waals surface area (Å²) < 4.78 is 0. The van der Waals surface area contributed by atoms with Gasteiger partial charge in [0.1, 0.15) is 0 Å². The van der Waals surface area contributed by atoms with Crippen LogP contribution >= 0.6 is 0 Å². The van der Waals surface area contributed by atoms with Crippen molar-refractivity contribution >= 4 is 5.91 Å². The van der Waals surface area contributed by atoms with Gasteiger partial charge in [0.25, 0.3) is 0 Å². The summed E-state index contributed by atoms with van der Waals surface area (Å²) >= 11 is 0. The fraction of sp³-hybridized carbons (Fsp3) is 0.950. The Hall–Kier alpha value is -0.570. The zero-order valence-corrected chi connectivity index (χ0v) is 16.5. The van der Waals surface area contributed by atoms with Gasteiger partial charge in [0.15, 0.2) is 0 Å². The number of carbonyl (C=O) groups excluding carboxylic acids is 1. The minimum Gasteiger partial charge on any atom is -0.352 e. The van der Waals surface area contributed by atoms with Crippen molar-refractivity contribution in [3.63, 3.8) is 0 Å². The molecule has 2 aliphatic carbocycles. The number of hydrogen-bond acceptors (Lipinski definition) is 2. The average molecular weight is 327 g/mol. The van der Waals surface area contributed by atoms with Crippen LogP contribution in [0.5, 0.6) is 0 Å². The minimum absolute atomic E-state index is 0.249. The highest BCUT2D eigenvalue weighted by atomic mass is 16.2. The SMILES string of the molecule is CC.CC.CCN(CC(=O)NC1CCCCC1)C1CCCCC1. The predicted molar refractivity (Wildman–Crippen MR) is 102 cm³/mol. The molecule has 0 unspecified atom stereocenters. The normalized spacial score (nSPS) is 19.2. The van der Waals surface area contributed by atoms with Crippen LogP contribution in [0.15, 0.2) is 0 Å². The summed E-state index contributed by atoms with van der Waals surface area (Å²) in [5.74, 6) is 0.249. The molecule has 0 aromatic heterocycles. The van der Waals surface area contributed by atoms with Gasteiger partial charge in [0.05, 0.1) is 6.54 Å². The molecule has 2 saturated carbocycles. The predicted octanol–water partition coefficient (Wildman–Crippen LogP) is 5.14. The maximum Gasteiger partial charge on any atom is 0.234 e. The monoisotopic (exact) mass is 326 g/mol. The van der Waals surface area contributed by atoms with E-state index < -0.39 is 0 Å². The van der Waals surface area contributed by atoms with Crippen molar-refractivity contribution in [3.8, 4) is 0 Å². The van der Waals surface area contributed by atoms with Crippen LogP contribution in [0.3, 0.4) is 0 Å². The second-order valence-electron chi connectivity index (χ2n) is 6.26. The molecule has 2 aliphatic rings. The first-order chi connectivity index (χ1) is 11.3. The fourth-order valence-electron chi connectivity index (χ4n) is 3.65. The third-order valence-electron chi connectivity index (χ3n) is 4.81. The Morgan fingerprint density at radius 3 is 1.83 bits per heavy atom. The summed E-state index contributed by atoms with van der Waals surface area (Å²) in [6.45, 7) is 11.8. The lowest BCUT2D eigenvalue weighted by Gasteiger charge is -2.33. The van der Waals surface area contributed by atoms with E-state index in [4.69, 9.17) is 0 Å². The van der Waals surface area contributed by atoms with E-state index >= 15 is 0 Å². The molecule has 2 fully saturated rings. The van der Waals surface area contributed by atoms with Crippen LogP contribution in [0.4, 0.5) is 0 Å². The van der Waals surface area contributed by atoms with E-state index in [-0.39, 0.29) is 5.91 Å². The first kappa shape index (κ1) is 22.4. The molecule has 0 bridgehead atoms. The van der Waals surface area contributed by atoms with Gasteiger partial charge in [0.2, 0.25) is 5.91 Å². The molecule has 0 spiro atoms. The second-order valence-corrected chi connectivity index (χ2v) is 6.26. The molecule has 0 radical (unpaired) electrons. The van der Waals surface area contributed by atoms with Crippen molar-refractivity contribution < 1.29 is 4.79 Å². The maximum atomic E-state index is 12.2. The average Bonchev–Trinajstić information content (AvgIpc) is 2.64. The second kappa shape index (κ2) is 15.0. The van der Waals surface area contributed by atoms with Crippen molar-refractivity contribution in [2.75, 3.05) is 13.1 Å². The molecule has 0 aromatic rings. The zero-order valence-electron chi connectivity index (χ0n) is 16.5. The Bertz CT molecular complexity index is 269. The van der Waals surface area contributed by atoms with Gasteiger partial charge in [-0.1, -0.05) is 73.1 Å². The molecule has 138 valence electrons. The summed E-state index contributed by atoms with van der Waals surface area (Å²) in [6.07, 6.45) is 12.9. The Morgan fingerprint density at radius 2 is 1.35 bits per heavy atom.